The fraction of sp³-hybridized carbons (Fsp3) is 1.00. The van der Waals surface area contributed by atoms with Crippen LogP contribution < -0.4 is 5.32 Å². The van der Waals surface area contributed by atoms with Gasteiger partial charge in [-0.15, -0.1) is 0 Å². The van der Waals surface area contributed by atoms with E-state index in [2.05, 4.69) is 44.8 Å². The van der Waals surface area contributed by atoms with Crippen molar-refractivity contribution >= 4 is 0 Å². The van der Waals surface area contributed by atoms with E-state index in [0.29, 0.717) is 12.2 Å². The van der Waals surface area contributed by atoms with Gasteiger partial charge in [-0.1, -0.05) is 34.6 Å². The average Bonchev–Trinajstić information content (AvgIpc) is 2.86. The molecule has 0 aromatic carbocycles. The summed E-state index contributed by atoms with van der Waals surface area (Å²) in [4.78, 5) is 2.64. The van der Waals surface area contributed by atoms with Gasteiger partial charge >= 0.3 is 0 Å². The molecule has 0 aromatic heterocycles. The minimum Gasteiger partial charge on any atom is -0.372 e. The molecule has 0 amide bonds. The van der Waals surface area contributed by atoms with Gasteiger partial charge in [-0.3, -0.25) is 0 Å². The number of likely N-dealkylation sites (N-methyl/N-ethyl adjacent to an activating group) is 1. The van der Waals surface area contributed by atoms with Crippen molar-refractivity contribution in [1.82, 2.24) is 10.2 Å². The summed E-state index contributed by atoms with van der Waals surface area (Å²) in [5, 5.41) is 3.41. The number of ether oxygens (including phenoxy) is 1. The predicted octanol–water partition coefficient (Wildman–Crippen LogP) is 3.54. The van der Waals surface area contributed by atoms with E-state index in [-0.39, 0.29) is 0 Å². The number of hydrogen-bond donors (Lipinski definition) is 1. The van der Waals surface area contributed by atoms with Crippen molar-refractivity contribution in [3.63, 3.8) is 0 Å². The summed E-state index contributed by atoms with van der Waals surface area (Å²) in [7, 11) is 0. The smallest absolute Gasteiger partial charge is 0.0707 e. The fourth-order valence-corrected chi connectivity index (χ4v) is 2.83. The molecule has 2 atom stereocenters. The summed E-state index contributed by atoms with van der Waals surface area (Å²) in [5.74, 6) is 1.58. The van der Waals surface area contributed by atoms with Crippen LogP contribution in [0.25, 0.3) is 0 Å². The van der Waals surface area contributed by atoms with Gasteiger partial charge in [0.15, 0.2) is 0 Å². The molecule has 3 heteroatoms. The average molecular weight is 299 g/mol. The van der Waals surface area contributed by atoms with Crippen LogP contribution in [0, 0.1) is 11.8 Å². The molecule has 1 rings (SSSR count). The first kappa shape index (κ1) is 18.9. The van der Waals surface area contributed by atoms with Gasteiger partial charge in [0.25, 0.3) is 0 Å². The summed E-state index contributed by atoms with van der Waals surface area (Å²) < 4.78 is 6.20. The Labute approximate surface area is 132 Å². The Morgan fingerprint density at radius 1 is 1.00 bits per heavy atom. The Balaban J connectivity index is 2.33. The molecule has 1 N–H and O–H groups in total. The SMILES string of the molecule is CCNCC1CCC(CN(CCC(C)C)CCC(C)C)O1. The maximum Gasteiger partial charge on any atom is 0.0707 e. The summed E-state index contributed by atoms with van der Waals surface area (Å²) in [6.07, 6.45) is 5.94. The third-order valence-corrected chi connectivity index (χ3v) is 4.32. The van der Waals surface area contributed by atoms with Gasteiger partial charge in [-0.2, -0.15) is 0 Å². The van der Waals surface area contributed by atoms with Crippen LogP contribution in [-0.4, -0.2) is 49.8 Å². The van der Waals surface area contributed by atoms with E-state index in [1.807, 2.05) is 0 Å². The normalized spacial score (nSPS) is 22.9. The van der Waals surface area contributed by atoms with Gasteiger partial charge in [0.05, 0.1) is 12.2 Å². The Kier molecular flexibility index (Phi) is 9.54. The van der Waals surface area contributed by atoms with Gasteiger partial charge in [0, 0.05) is 13.1 Å². The third-order valence-electron chi connectivity index (χ3n) is 4.32. The standard InChI is InChI=1S/C18H38N2O/c1-6-19-13-17-7-8-18(21-17)14-20(11-9-15(2)3)12-10-16(4)5/h15-19H,6-14H2,1-5H3. The molecule has 2 unspecified atom stereocenters. The van der Waals surface area contributed by atoms with Gasteiger partial charge in [0.2, 0.25) is 0 Å². The highest BCUT2D eigenvalue weighted by molar-refractivity contribution is 4.78. The highest BCUT2D eigenvalue weighted by Crippen LogP contribution is 2.21. The van der Waals surface area contributed by atoms with Crippen molar-refractivity contribution in [2.45, 2.75) is 72.5 Å². The second kappa shape index (κ2) is 10.6. The van der Waals surface area contributed by atoms with Gasteiger partial charge in [0.1, 0.15) is 0 Å². The van der Waals surface area contributed by atoms with Crippen molar-refractivity contribution in [3.8, 4) is 0 Å². The summed E-state index contributed by atoms with van der Waals surface area (Å²) in [6.45, 7) is 17.1. The second-order valence-electron chi connectivity index (χ2n) is 7.43. The largest absolute Gasteiger partial charge is 0.372 e. The molecule has 21 heavy (non-hydrogen) atoms. The van der Waals surface area contributed by atoms with Crippen molar-refractivity contribution < 1.29 is 4.74 Å². The van der Waals surface area contributed by atoms with E-state index >= 15 is 0 Å². The Morgan fingerprint density at radius 3 is 2.10 bits per heavy atom. The molecule has 0 bridgehead atoms. The predicted molar refractivity (Wildman–Crippen MR) is 91.8 cm³/mol. The molecule has 0 spiro atoms. The van der Waals surface area contributed by atoms with E-state index in [0.717, 1.165) is 31.5 Å². The van der Waals surface area contributed by atoms with E-state index in [1.165, 1.54) is 38.8 Å². The lowest BCUT2D eigenvalue weighted by Gasteiger charge is -2.27. The molecule has 3 nitrogen and oxygen atoms in total. The maximum atomic E-state index is 6.20. The van der Waals surface area contributed by atoms with E-state index in [4.69, 9.17) is 4.74 Å². The van der Waals surface area contributed by atoms with E-state index in [9.17, 15) is 0 Å². The zero-order valence-corrected chi connectivity index (χ0v) is 15.0. The molecule has 1 heterocycles. The quantitative estimate of drug-likeness (QED) is 0.631. The van der Waals surface area contributed by atoms with Gasteiger partial charge < -0.3 is 15.0 Å². The van der Waals surface area contributed by atoms with Crippen molar-refractivity contribution in [2.75, 3.05) is 32.7 Å². The lowest BCUT2D eigenvalue weighted by atomic mass is 10.1. The Hall–Kier alpha value is -0.120. The highest BCUT2D eigenvalue weighted by Gasteiger charge is 2.26. The minimum absolute atomic E-state index is 0.437. The van der Waals surface area contributed by atoms with Crippen LogP contribution in [0.5, 0.6) is 0 Å². The van der Waals surface area contributed by atoms with Gasteiger partial charge in [-0.05, 0) is 57.2 Å². The molecule has 1 fully saturated rings. The van der Waals surface area contributed by atoms with Crippen LogP contribution in [0.1, 0.15) is 60.3 Å². The van der Waals surface area contributed by atoms with Crippen LogP contribution in [0.15, 0.2) is 0 Å². The Morgan fingerprint density at radius 2 is 1.57 bits per heavy atom. The highest BCUT2D eigenvalue weighted by atomic mass is 16.5. The molecular formula is C18H38N2O. The lowest BCUT2D eigenvalue weighted by molar-refractivity contribution is 0.0220. The number of hydrogen-bond acceptors (Lipinski definition) is 3. The van der Waals surface area contributed by atoms with Crippen molar-refractivity contribution in [3.05, 3.63) is 0 Å². The number of rotatable bonds is 11. The molecule has 1 aliphatic heterocycles. The molecule has 126 valence electrons. The summed E-state index contributed by atoms with van der Waals surface area (Å²) >= 11 is 0. The fourth-order valence-electron chi connectivity index (χ4n) is 2.83. The first-order valence-electron chi connectivity index (χ1n) is 9.09. The number of nitrogens with zero attached hydrogens (tertiary/aromatic N) is 1. The van der Waals surface area contributed by atoms with E-state index in [1.54, 1.807) is 0 Å². The monoisotopic (exact) mass is 298 g/mol. The van der Waals surface area contributed by atoms with Crippen LogP contribution in [-0.2, 0) is 4.74 Å². The molecule has 1 saturated heterocycles. The molecule has 0 radical (unpaired) electrons. The molecular weight excluding hydrogens is 260 g/mol. The molecule has 0 saturated carbocycles. The molecule has 1 aliphatic rings. The first-order chi connectivity index (χ1) is 10.0. The molecule has 0 aromatic rings. The zero-order valence-electron chi connectivity index (χ0n) is 15.0. The third kappa shape index (κ3) is 8.80. The maximum absolute atomic E-state index is 6.20. The second-order valence-corrected chi connectivity index (χ2v) is 7.43. The first-order valence-corrected chi connectivity index (χ1v) is 9.09. The van der Waals surface area contributed by atoms with Crippen LogP contribution in [0.4, 0.5) is 0 Å². The van der Waals surface area contributed by atoms with Crippen molar-refractivity contribution in [2.24, 2.45) is 11.8 Å². The van der Waals surface area contributed by atoms with Crippen LogP contribution in [0.3, 0.4) is 0 Å². The summed E-state index contributed by atoms with van der Waals surface area (Å²) in [6, 6.07) is 0. The van der Waals surface area contributed by atoms with Crippen molar-refractivity contribution in [1.29, 1.82) is 0 Å². The molecule has 0 aliphatic carbocycles. The van der Waals surface area contributed by atoms with Crippen LogP contribution in [0.2, 0.25) is 0 Å². The minimum atomic E-state index is 0.437. The van der Waals surface area contributed by atoms with Gasteiger partial charge in [-0.25, -0.2) is 0 Å². The number of nitrogens with one attached hydrogen (secondary N) is 1. The zero-order chi connectivity index (χ0) is 15.7. The Bertz CT molecular complexity index is 244. The topological polar surface area (TPSA) is 24.5 Å². The van der Waals surface area contributed by atoms with E-state index < -0.39 is 0 Å². The summed E-state index contributed by atoms with van der Waals surface area (Å²) in [5.41, 5.74) is 0. The van der Waals surface area contributed by atoms with Crippen LogP contribution >= 0.6 is 0 Å². The lowest BCUT2D eigenvalue weighted by Crippen LogP contribution is -2.36.